The van der Waals surface area contributed by atoms with Gasteiger partial charge in [0.2, 0.25) is 0 Å². The van der Waals surface area contributed by atoms with Crippen molar-refractivity contribution in [2.45, 2.75) is 51.5 Å². The maximum absolute atomic E-state index is 13.9. The minimum Gasteiger partial charge on any atom is -0.314 e. The molecule has 1 saturated carbocycles. The molecular weight excluding hydrogens is 305 g/mol. The topological polar surface area (TPSA) is 12.0 Å². The van der Waals surface area contributed by atoms with E-state index in [1.165, 1.54) is 32.1 Å². The molecule has 1 aromatic carbocycles. The smallest absolute Gasteiger partial charge is 0.127 e. The predicted octanol–water partition coefficient (Wildman–Crippen LogP) is 4.69. The Labute approximate surface area is 124 Å². The summed E-state index contributed by atoms with van der Waals surface area (Å²) in [7, 11) is 0. The fourth-order valence-corrected chi connectivity index (χ4v) is 3.45. The number of halogens is 2. The van der Waals surface area contributed by atoms with E-state index in [4.69, 9.17) is 0 Å². The molecule has 2 atom stereocenters. The van der Waals surface area contributed by atoms with Crippen molar-refractivity contribution < 1.29 is 4.39 Å². The van der Waals surface area contributed by atoms with Crippen LogP contribution in [-0.2, 0) is 6.42 Å². The molecule has 1 nitrogen and oxygen atoms in total. The van der Waals surface area contributed by atoms with Gasteiger partial charge in [-0.1, -0.05) is 48.2 Å². The van der Waals surface area contributed by atoms with E-state index >= 15 is 0 Å². The molecule has 1 aliphatic carbocycles. The number of nitrogens with one attached hydrogen (secondary N) is 1. The summed E-state index contributed by atoms with van der Waals surface area (Å²) in [6, 6.07) is 6.06. The van der Waals surface area contributed by atoms with Crippen LogP contribution in [0.4, 0.5) is 4.39 Å². The van der Waals surface area contributed by atoms with E-state index in [1.807, 2.05) is 12.1 Å². The van der Waals surface area contributed by atoms with Gasteiger partial charge in [0.05, 0.1) is 0 Å². The summed E-state index contributed by atoms with van der Waals surface area (Å²) in [5.74, 6) is 0.542. The van der Waals surface area contributed by atoms with Crippen LogP contribution in [0.25, 0.3) is 0 Å². The van der Waals surface area contributed by atoms with Crippen molar-refractivity contribution in [2.24, 2.45) is 5.92 Å². The molecule has 1 fully saturated rings. The van der Waals surface area contributed by atoms with Crippen LogP contribution in [0.3, 0.4) is 0 Å². The molecule has 0 aliphatic heterocycles. The molecule has 0 spiro atoms. The first-order valence-electron chi connectivity index (χ1n) is 7.36. The van der Waals surface area contributed by atoms with Crippen molar-refractivity contribution >= 4 is 15.9 Å². The summed E-state index contributed by atoms with van der Waals surface area (Å²) < 4.78 is 14.7. The minimum absolute atomic E-state index is 0.0707. The van der Waals surface area contributed by atoms with E-state index in [0.29, 0.717) is 12.0 Å². The fourth-order valence-electron chi connectivity index (χ4n) is 3.12. The summed E-state index contributed by atoms with van der Waals surface area (Å²) in [4.78, 5) is 0. The van der Waals surface area contributed by atoms with Crippen molar-refractivity contribution in [1.29, 1.82) is 0 Å². The quantitative estimate of drug-likeness (QED) is 0.791. The molecule has 0 radical (unpaired) electrons. The van der Waals surface area contributed by atoms with Crippen LogP contribution in [0.15, 0.2) is 22.7 Å². The number of rotatable bonds is 4. The molecule has 1 N–H and O–H groups in total. The predicted molar refractivity (Wildman–Crippen MR) is 81.8 cm³/mol. The van der Waals surface area contributed by atoms with Gasteiger partial charge in [-0.15, -0.1) is 0 Å². The normalized spacial score (nSPS) is 24.2. The third-order valence-electron chi connectivity index (χ3n) is 4.05. The highest BCUT2D eigenvalue weighted by molar-refractivity contribution is 9.10. The van der Waals surface area contributed by atoms with Crippen LogP contribution in [0.5, 0.6) is 0 Å². The highest BCUT2D eigenvalue weighted by Gasteiger charge is 2.20. The zero-order valence-electron chi connectivity index (χ0n) is 11.6. The van der Waals surface area contributed by atoms with Crippen LogP contribution in [0, 0.1) is 11.7 Å². The van der Waals surface area contributed by atoms with E-state index < -0.39 is 0 Å². The molecule has 0 heterocycles. The second-order valence-corrected chi connectivity index (χ2v) is 6.50. The second kappa shape index (κ2) is 7.39. The maximum atomic E-state index is 13.9. The average molecular weight is 328 g/mol. The molecule has 0 saturated heterocycles. The van der Waals surface area contributed by atoms with Gasteiger partial charge in [-0.05, 0) is 49.4 Å². The Hall–Kier alpha value is -0.410. The molecule has 19 heavy (non-hydrogen) atoms. The summed E-state index contributed by atoms with van der Waals surface area (Å²) in [6.07, 6.45) is 7.15. The Morgan fingerprint density at radius 3 is 2.84 bits per heavy atom. The zero-order chi connectivity index (χ0) is 13.7. The summed E-state index contributed by atoms with van der Waals surface area (Å²) in [6.45, 7) is 3.19. The van der Waals surface area contributed by atoms with Crippen LogP contribution in [0.2, 0.25) is 0 Å². The van der Waals surface area contributed by atoms with E-state index in [1.54, 1.807) is 6.07 Å². The molecule has 0 bridgehead atoms. The number of hydrogen-bond donors (Lipinski definition) is 1. The Morgan fingerprint density at radius 1 is 1.32 bits per heavy atom. The van der Waals surface area contributed by atoms with Gasteiger partial charge in [0.1, 0.15) is 5.82 Å². The third-order valence-corrected chi connectivity index (χ3v) is 4.54. The maximum Gasteiger partial charge on any atom is 0.127 e. The Morgan fingerprint density at radius 2 is 2.11 bits per heavy atom. The molecule has 106 valence electrons. The Kier molecular flexibility index (Phi) is 5.83. The lowest BCUT2D eigenvalue weighted by atomic mass is 9.91. The first-order valence-corrected chi connectivity index (χ1v) is 8.15. The lowest BCUT2D eigenvalue weighted by Crippen LogP contribution is -2.30. The molecule has 2 unspecified atom stereocenters. The van der Waals surface area contributed by atoms with Gasteiger partial charge in [-0.3, -0.25) is 0 Å². The first kappa shape index (κ1) is 15.0. The van der Waals surface area contributed by atoms with Gasteiger partial charge in [0.25, 0.3) is 0 Å². The molecule has 0 aromatic heterocycles. The Bertz CT molecular complexity index is 408. The fraction of sp³-hybridized carbons (Fsp3) is 0.625. The van der Waals surface area contributed by atoms with Gasteiger partial charge < -0.3 is 5.32 Å². The molecule has 1 aromatic rings. The van der Waals surface area contributed by atoms with E-state index in [9.17, 15) is 4.39 Å². The van der Waals surface area contributed by atoms with Crippen LogP contribution < -0.4 is 5.32 Å². The monoisotopic (exact) mass is 327 g/mol. The van der Waals surface area contributed by atoms with Crippen molar-refractivity contribution in [3.05, 3.63) is 34.1 Å². The molecule has 2 rings (SSSR count). The van der Waals surface area contributed by atoms with Gasteiger partial charge in [0.15, 0.2) is 0 Å². The van der Waals surface area contributed by atoms with E-state index in [0.717, 1.165) is 23.0 Å². The largest absolute Gasteiger partial charge is 0.314 e. The zero-order valence-corrected chi connectivity index (χ0v) is 13.2. The molecular formula is C16H23BrFN. The molecule has 3 heteroatoms. The number of hydrogen-bond acceptors (Lipinski definition) is 1. The minimum atomic E-state index is -0.0707. The number of benzene rings is 1. The van der Waals surface area contributed by atoms with Crippen molar-refractivity contribution in [2.75, 3.05) is 6.54 Å². The highest BCUT2D eigenvalue weighted by Crippen LogP contribution is 2.28. The SMILES string of the molecule is CCNC1CCCCC(Cc2ccc(Br)cc2F)C1. The Balaban J connectivity index is 2.00. The second-order valence-electron chi connectivity index (χ2n) is 5.58. The average Bonchev–Trinajstić information content (AvgIpc) is 2.59. The molecule has 1 aliphatic rings. The van der Waals surface area contributed by atoms with E-state index in [-0.39, 0.29) is 5.82 Å². The van der Waals surface area contributed by atoms with Crippen LogP contribution in [-0.4, -0.2) is 12.6 Å². The van der Waals surface area contributed by atoms with Gasteiger partial charge >= 0.3 is 0 Å². The molecule has 0 amide bonds. The van der Waals surface area contributed by atoms with Gasteiger partial charge in [-0.25, -0.2) is 4.39 Å². The standard InChI is InChI=1S/C16H23BrFN/c1-2-19-15-6-4-3-5-12(10-15)9-13-7-8-14(17)11-16(13)18/h7-8,11-12,15,19H,2-6,9-10H2,1H3. The van der Waals surface area contributed by atoms with Crippen molar-refractivity contribution in [1.82, 2.24) is 5.32 Å². The lowest BCUT2D eigenvalue weighted by Gasteiger charge is -2.21. The van der Waals surface area contributed by atoms with Gasteiger partial charge in [0, 0.05) is 10.5 Å². The van der Waals surface area contributed by atoms with Crippen LogP contribution >= 0.6 is 15.9 Å². The third kappa shape index (κ3) is 4.57. The highest BCUT2D eigenvalue weighted by atomic mass is 79.9. The summed E-state index contributed by atoms with van der Waals surface area (Å²) in [5.41, 5.74) is 0.866. The lowest BCUT2D eigenvalue weighted by molar-refractivity contribution is 0.385. The van der Waals surface area contributed by atoms with E-state index in [2.05, 4.69) is 28.2 Å². The van der Waals surface area contributed by atoms with Crippen molar-refractivity contribution in [3.8, 4) is 0 Å². The van der Waals surface area contributed by atoms with Crippen molar-refractivity contribution in [3.63, 3.8) is 0 Å². The van der Waals surface area contributed by atoms with Crippen LogP contribution in [0.1, 0.15) is 44.6 Å². The summed E-state index contributed by atoms with van der Waals surface area (Å²) in [5, 5.41) is 3.56. The first-order chi connectivity index (χ1) is 9.19. The summed E-state index contributed by atoms with van der Waals surface area (Å²) >= 11 is 3.31. The van der Waals surface area contributed by atoms with Gasteiger partial charge in [-0.2, -0.15) is 0 Å².